The summed E-state index contributed by atoms with van der Waals surface area (Å²) >= 11 is 0. The molecular weight excluding hydrogens is 164 g/mol. The molecule has 2 atom stereocenters. The maximum Gasteiger partial charge on any atom is 0.171 e. The Kier molecular flexibility index (Phi) is 2.61. The van der Waals surface area contributed by atoms with Crippen molar-refractivity contribution < 1.29 is 9.47 Å². The molecule has 0 N–H and O–H groups in total. The van der Waals surface area contributed by atoms with Gasteiger partial charge in [-0.15, -0.1) is 0 Å². The second kappa shape index (κ2) is 3.58. The Morgan fingerprint density at radius 3 is 2.54 bits per heavy atom. The van der Waals surface area contributed by atoms with Crippen LogP contribution in [0.5, 0.6) is 0 Å². The van der Waals surface area contributed by atoms with Gasteiger partial charge in [0.2, 0.25) is 0 Å². The fraction of sp³-hybridized carbons (Fsp3) is 1.00. The van der Waals surface area contributed by atoms with Crippen LogP contribution in [0.4, 0.5) is 0 Å². The first kappa shape index (κ1) is 9.47. The molecule has 0 amide bonds. The van der Waals surface area contributed by atoms with E-state index in [1.54, 1.807) is 0 Å². The molecule has 2 aliphatic rings. The predicted molar refractivity (Wildman–Crippen MR) is 51.4 cm³/mol. The van der Waals surface area contributed by atoms with Crippen molar-refractivity contribution in [2.75, 3.05) is 13.2 Å². The molecule has 1 saturated heterocycles. The Morgan fingerprint density at radius 1 is 1.23 bits per heavy atom. The van der Waals surface area contributed by atoms with Crippen LogP contribution in [0.25, 0.3) is 0 Å². The molecule has 13 heavy (non-hydrogen) atoms. The largest absolute Gasteiger partial charge is 0.347 e. The summed E-state index contributed by atoms with van der Waals surface area (Å²) in [5.74, 6) is 1.20. The molecule has 2 heteroatoms. The van der Waals surface area contributed by atoms with Crippen molar-refractivity contribution in [3.63, 3.8) is 0 Å². The van der Waals surface area contributed by atoms with Gasteiger partial charge in [-0.2, -0.15) is 0 Å². The first-order valence-corrected chi connectivity index (χ1v) is 5.55. The Bertz CT molecular complexity index is 173. The van der Waals surface area contributed by atoms with Crippen LogP contribution in [-0.4, -0.2) is 19.0 Å². The van der Waals surface area contributed by atoms with Gasteiger partial charge in [0.1, 0.15) is 0 Å². The van der Waals surface area contributed by atoms with Gasteiger partial charge >= 0.3 is 0 Å². The molecular formula is C11H20O2. The fourth-order valence-electron chi connectivity index (χ4n) is 2.63. The zero-order valence-corrected chi connectivity index (χ0v) is 8.71. The lowest BCUT2D eigenvalue weighted by Gasteiger charge is -2.41. The van der Waals surface area contributed by atoms with E-state index in [1.165, 1.54) is 19.3 Å². The summed E-state index contributed by atoms with van der Waals surface area (Å²) in [5.41, 5.74) is 0. The average molecular weight is 184 g/mol. The summed E-state index contributed by atoms with van der Waals surface area (Å²) in [6.45, 7) is 6.11. The summed E-state index contributed by atoms with van der Waals surface area (Å²) in [5, 5.41) is 0. The highest BCUT2D eigenvalue weighted by molar-refractivity contribution is 4.87. The normalized spacial score (nSPS) is 38.3. The van der Waals surface area contributed by atoms with Crippen LogP contribution >= 0.6 is 0 Å². The Hall–Kier alpha value is -0.0800. The average Bonchev–Trinajstić information content (AvgIpc) is 2.60. The maximum absolute atomic E-state index is 5.80. The van der Waals surface area contributed by atoms with Gasteiger partial charge < -0.3 is 9.47 Å². The third-order valence-electron chi connectivity index (χ3n) is 3.69. The molecule has 76 valence electrons. The van der Waals surface area contributed by atoms with Crippen molar-refractivity contribution in [2.45, 2.75) is 45.3 Å². The van der Waals surface area contributed by atoms with Crippen LogP contribution in [0.2, 0.25) is 0 Å². The van der Waals surface area contributed by atoms with Gasteiger partial charge in [0.15, 0.2) is 5.79 Å². The molecule has 0 radical (unpaired) electrons. The van der Waals surface area contributed by atoms with Gasteiger partial charge in [-0.1, -0.05) is 20.3 Å². The van der Waals surface area contributed by atoms with Gasteiger partial charge in [0.05, 0.1) is 13.2 Å². The van der Waals surface area contributed by atoms with E-state index in [-0.39, 0.29) is 5.79 Å². The van der Waals surface area contributed by atoms with E-state index in [1.807, 2.05) is 0 Å². The van der Waals surface area contributed by atoms with E-state index in [0.29, 0.717) is 5.92 Å². The topological polar surface area (TPSA) is 18.5 Å². The van der Waals surface area contributed by atoms with Crippen LogP contribution < -0.4 is 0 Å². The molecule has 2 fully saturated rings. The second-order valence-corrected chi connectivity index (χ2v) is 4.47. The molecule has 1 spiro atoms. The van der Waals surface area contributed by atoms with Gasteiger partial charge in [-0.05, 0) is 18.8 Å². The highest BCUT2D eigenvalue weighted by Gasteiger charge is 2.45. The molecule has 2 rings (SSSR count). The molecule has 1 saturated carbocycles. The molecule has 0 unspecified atom stereocenters. The van der Waals surface area contributed by atoms with Crippen molar-refractivity contribution >= 4 is 0 Å². The monoisotopic (exact) mass is 184 g/mol. The fourth-order valence-corrected chi connectivity index (χ4v) is 2.63. The van der Waals surface area contributed by atoms with Crippen LogP contribution in [-0.2, 0) is 9.47 Å². The highest BCUT2D eigenvalue weighted by atomic mass is 16.7. The lowest BCUT2D eigenvalue weighted by Crippen LogP contribution is -2.43. The standard InChI is InChI=1S/C11H20O2/c1-3-10-5-4-9(2)11(8-10)12-6-7-13-11/h9-10H,3-8H2,1-2H3/t9-,10-/m1/s1. The van der Waals surface area contributed by atoms with Gasteiger partial charge in [0, 0.05) is 12.3 Å². The minimum Gasteiger partial charge on any atom is -0.347 e. The Balaban J connectivity index is 2.05. The molecule has 1 aliphatic heterocycles. The third-order valence-corrected chi connectivity index (χ3v) is 3.69. The van der Waals surface area contributed by atoms with Gasteiger partial charge in [-0.25, -0.2) is 0 Å². The minimum absolute atomic E-state index is 0.196. The molecule has 1 aliphatic carbocycles. The molecule has 2 nitrogen and oxygen atoms in total. The van der Waals surface area contributed by atoms with Crippen LogP contribution in [0.1, 0.15) is 39.5 Å². The Morgan fingerprint density at radius 2 is 1.92 bits per heavy atom. The highest BCUT2D eigenvalue weighted by Crippen LogP contribution is 2.43. The summed E-state index contributed by atoms with van der Waals surface area (Å²) in [7, 11) is 0. The predicted octanol–water partition coefficient (Wildman–Crippen LogP) is 2.58. The zero-order chi connectivity index (χ0) is 9.31. The number of hydrogen-bond acceptors (Lipinski definition) is 2. The molecule has 0 aromatic rings. The van der Waals surface area contributed by atoms with Crippen molar-refractivity contribution in [2.24, 2.45) is 11.8 Å². The molecule has 0 aromatic heterocycles. The lowest BCUT2D eigenvalue weighted by molar-refractivity contribution is -0.217. The van der Waals surface area contributed by atoms with Crippen molar-refractivity contribution in [1.82, 2.24) is 0 Å². The Labute approximate surface area is 80.6 Å². The van der Waals surface area contributed by atoms with E-state index in [0.717, 1.165) is 25.6 Å². The summed E-state index contributed by atoms with van der Waals surface area (Å²) < 4.78 is 11.6. The third kappa shape index (κ3) is 1.62. The SMILES string of the molecule is CC[C@@H]1CC[C@@H](C)C2(C1)OCCO2. The lowest BCUT2D eigenvalue weighted by atomic mass is 9.77. The van der Waals surface area contributed by atoms with Crippen LogP contribution in [0.15, 0.2) is 0 Å². The molecule has 0 bridgehead atoms. The summed E-state index contributed by atoms with van der Waals surface area (Å²) in [6, 6.07) is 0. The van der Waals surface area contributed by atoms with E-state index in [9.17, 15) is 0 Å². The van der Waals surface area contributed by atoms with Crippen molar-refractivity contribution in [1.29, 1.82) is 0 Å². The van der Waals surface area contributed by atoms with E-state index in [4.69, 9.17) is 9.47 Å². The molecule has 1 heterocycles. The quantitative estimate of drug-likeness (QED) is 0.623. The first-order chi connectivity index (χ1) is 6.27. The zero-order valence-electron chi connectivity index (χ0n) is 8.71. The van der Waals surface area contributed by atoms with Gasteiger partial charge in [0.25, 0.3) is 0 Å². The summed E-state index contributed by atoms with van der Waals surface area (Å²) in [6.07, 6.45) is 5.00. The summed E-state index contributed by atoms with van der Waals surface area (Å²) in [4.78, 5) is 0. The van der Waals surface area contributed by atoms with Crippen LogP contribution in [0.3, 0.4) is 0 Å². The number of rotatable bonds is 1. The van der Waals surface area contributed by atoms with Crippen molar-refractivity contribution in [3.05, 3.63) is 0 Å². The second-order valence-electron chi connectivity index (χ2n) is 4.47. The van der Waals surface area contributed by atoms with E-state index in [2.05, 4.69) is 13.8 Å². The minimum atomic E-state index is -0.196. The van der Waals surface area contributed by atoms with Crippen molar-refractivity contribution in [3.8, 4) is 0 Å². The van der Waals surface area contributed by atoms with E-state index >= 15 is 0 Å². The van der Waals surface area contributed by atoms with Crippen LogP contribution in [0, 0.1) is 11.8 Å². The first-order valence-electron chi connectivity index (χ1n) is 5.55. The van der Waals surface area contributed by atoms with Gasteiger partial charge in [-0.3, -0.25) is 0 Å². The van der Waals surface area contributed by atoms with E-state index < -0.39 is 0 Å². The number of ether oxygens (including phenoxy) is 2. The maximum atomic E-state index is 5.80. The smallest absolute Gasteiger partial charge is 0.171 e. The molecule has 0 aromatic carbocycles. The number of hydrogen-bond donors (Lipinski definition) is 0.